The fourth-order valence-electron chi connectivity index (χ4n) is 2.21. The number of nitrogens with zero attached hydrogens (tertiary/aromatic N) is 1. The number of carbonyl (C=O) groups excluding carboxylic acids is 1. The molecule has 2 heterocycles. The van der Waals surface area contributed by atoms with Crippen LogP contribution >= 0.6 is 0 Å². The highest BCUT2D eigenvalue weighted by molar-refractivity contribution is 6.03. The first-order chi connectivity index (χ1) is 12.2. The van der Waals surface area contributed by atoms with Crippen molar-refractivity contribution in [3.05, 3.63) is 66.1 Å². The van der Waals surface area contributed by atoms with Gasteiger partial charge in [0.1, 0.15) is 17.4 Å². The number of nitrogens with two attached hydrogens (primary N) is 1. The van der Waals surface area contributed by atoms with Gasteiger partial charge in [0, 0.05) is 6.54 Å². The molecule has 4 N–H and O–H groups in total. The van der Waals surface area contributed by atoms with Gasteiger partial charge in [0.05, 0.1) is 19.1 Å². The fraction of sp³-hybridized carbons (Fsp3) is 0.111. The second-order valence-electron chi connectivity index (χ2n) is 5.26. The average molecular weight is 338 g/mol. The first kappa shape index (κ1) is 16.4. The molecule has 3 rings (SSSR count). The largest absolute Gasteiger partial charge is 0.497 e. The maximum Gasteiger partial charge on any atom is 0.291 e. The van der Waals surface area contributed by atoms with Gasteiger partial charge in [-0.25, -0.2) is 4.98 Å². The molecule has 0 radical (unpaired) electrons. The number of rotatable bonds is 6. The zero-order chi connectivity index (χ0) is 17.6. The normalized spacial score (nSPS) is 10.3. The van der Waals surface area contributed by atoms with E-state index in [1.54, 1.807) is 31.4 Å². The van der Waals surface area contributed by atoms with E-state index in [1.807, 2.05) is 24.3 Å². The van der Waals surface area contributed by atoms with Crippen molar-refractivity contribution in [2.24, 2.45) is 0 Å². The van der Waals surface area contributed by atoms with Crippen molar-refractivity contribution in [3.8, 4) is 5.75 Å². The SMILES string of the molecule is COc1ccc(CNc2ccc(NC(=O)c3ccco3)c(N)n2)cc1. The van der Waals surface area contributed by atoms with Crippen molar-refractivity contribution in [1.82, 2.24) is 4.98 Å². The van der Waals surface area contributed by atoms with E-state index in [4.69, 9.17) is 14.9 Å². The molecule has 1 aromatic carbocycles. The van der Waals surface area contributed by atoms with E-state index < -0.39 is 0 Å². The summed E-state index contributed by atoms with van der Waals surface area (Å²) in [6.07, 6.45) is 1.43. The van der Waals surface area contributed by atoms with Crippen molar-refractivity contribution in [1.29, 1.82) is 0 Å². The van der Waals surface area contributed by atoms with Gasteiger partial charge in [-0.1, -0.05) is 12.1 Å². The Labute approximate surface area is 144 Å². The molecule has 25 heavy (non-hydrogen) atoms. The zero-order valence-corrected chi connectivity index (χ0v) is 13.7. The van der Waals surface area contributed by atoms with Crippen molar-refractivity contribution < 1.29 is 13.9 Å². The molecule has 0 aliphatic carbocycles. The van der Waals surface area contributed by atoms with Crippen LogP contribution < -0.4 is 21.1 Å². The molecule has 0 unspecified atom stereocenters. The van der Waals surface area contributed by atoms with Gasteiger partial charge in [-0.05, 0) is 42.0 Å². The molecule has 128 valence electrons. The molecule has 7 heteroatoms. The summed E-state index contributed by atoms with van der Waals surface area (Å²) < 4.78 is 10.2. The molecular formula is C18H18N4O3. The maximum atomic E-state index is 12.0. The zero-order valence-electron chi connectivity index (χ0n) is 13.7. The third kappa shape index (κ3) is 4.08. The number of carbonyl (C=O) groups is 1. The van der Waals surface area contributed by atoms with Gasteiger partial charge in [-0.3, -0.25) is 4.79 Å². The van der Waals surface area contributed by atoms with E-state index in [2.05, 4.69) is 15.6 Å². The number of pyridine rings is 1. The third-order valence-corrected chi connectivity index (χ3v) is 3.55. The lowest BCUT2D eigenvalue weighted by molar-refractivity contribution is 0.0996. The molecule has 0 bridgehead atoms. The minimum absolute atomic E-state index is 0.209. The molecule has 0 saturated heterocycles. The predicted octanol–water partition coefficient (Wildman–Crippen LogP) is 3.13. The van der Waals surface area contributed by atoms with E-state index in [1.165, 1.54) is 6.26 Å². The van der Waals surface area contributed by atoms with Gasteiger partial charge in [0.2, 0.25) is 0 Å². The van der Waals surface area contributed by atoms with E-state index in [-0.39, 0.29) is 17.5 Å². The Morgan fingerprint density at radius 1 is 1.20 bits per heavy atom. The van der Waals surface area contributed by atoms with E-state index in [0.29, 0.717) is 18.1 Å². The van der Waals surface area contributed by atoms with Crippen LogP contribution in [0.2, 0.25) is 0 Å². The Bertz CT molecular complexity index is 845. The van der Waals surface area contributed by atoms with Crippen LogP contribution in [0.15, 0.2) is 59.2 Å². The van der Waals surface area contributed by atoms with Crippen LogP contribution in [0.4, 0.5) is 17.3 Å². The Kier molecular flexibility index (Phi) is 4.84. The van der Waals surface area contributed by atoms with Crippen LogP contribution in [-0.4, -0.2) is 18.0 Å². The van der Waals surface area contributed by atoms with Crippen molar-refractivity contribution in [3.63, 3.8) is 0 Å². The first-order valence-electron chi connectivity index (χ1n) is 7.64. The maximum absolute atomic E-state index is 12.0. The summed E-state index contributed by atoms with van der Waals surface area (Å²) >= 11 is 0. The number of furan rings is 1. The third-order valence-electron chi connectivity index (χ3n) is 3.55. The lowest BCUT2D eigenvalue weighted by atomic mass is 10.2. The molecule has 0 atom stereocenters. The summed E-state index contributed by atoms with van der Waals surface area (Å²) in [7, 11) is 1.63. The first-order valence-corrected chi connectivity index (χ1v) is 7.64. The van der Waals surface area contributed by atoms with Crippen LogP contribution in [0, 0.1) is 0 Å². The Balaban J connectivity index is 1.62. The van der Waals surface area contributed by atoms with Gasteiger partial charge in [0.25, 0.3) is 5.91 Å². The Hall–Kier alpha value is -3.48. The Morgan fingerprint density at radius 2 is 2.00 bits per heavy atom. The lowest BCUT2D eigenvalue weighted by Gasteiger charge is -2.10. The predicted molar refractivity (Wildman–Crippen MR) is 95.6 cm³/mol. The molecule has 0 fully saturated rings. The van der Waals surface area contributed by atoms with Crippen LogP contribution in [0.3, 0.4) is 0 Å². The van der Waals surface area contributed by atoms with E-state index in [0.717, 1.165) is 11.3 Å². The van der Waals surface area contributed by atoms with Crippen LogP contribution in [0.5, 0.6) is 5.75 Å². The Morgan fingerprint density at radius 3 is 2.64 bits per heavy atom. The highest BCUT2D eigenvalue weighted by Gasteiger charge is 2.11. The minimum Gasteiger partial charge on any atom is -0.497 e. The number of methoxy groups -OCH3 is 1. The van der Waals surface area contributed by atoms with Gasteiger partial charge in [-0.2, -0.15) is 0 Å². The highest BCUT2D eigenvalue weighted by atomic mass is 16.5. The van der Waals surface area contributed by atoms with E-state index >= 15 is 0 Å². The quantitative estimate of drug-likeness (QED) is 0.638. The summed E-state index contributed by atoms with van der Waals surface area (Å²) in [4.78, 5) is 16.2. The monoisotopic (exact) mass is 338 g/mol. The number of nitrogen functional groups attached to an aromatic ring is 1. The lowest BCUT2D eigenvalue weighted by Crippen LogP contribution is -2.13. The number of hydrogen-bond donors (Lipinski definition) is 3. The summed E-state index contributed by atoms with van der Waals surface area (Å²) in [6.45, 7) is 0.592. The summed E-state index contributed by atoms with van der Waals surface area (Å²) in [5.74, 6) is 1.48. The molecular weight excluding hydrogens is 320 g/mol. The van der Waals surface area contributed by atoms with Crippen molar-refractivity contribution in [2.75, 3.05) is 23.5 Å². The minimum atomic E-state index is -0.377. The molecule has 1 amide bonds. The van der Waals surface area contributed by atoms with Gasteiger partial charge in [0.15, 0.2) is 5.76 Å². The molecule has 3 aromatic rings. The highest BCUT2D eigenvalue weighted by Crippen LogP contribution is 2.20. The van der Waals surface area contributed by atoms with E-state index in [9.17, 15) is 4.79 Å². The van der Waals surface area contributed by atoms with Gasteiger partial charge >= 0.3 is 0 Å². The van der Waals surface area contributed by atoms with Gasteiger partial charge in [-0.15, -0.1) is 0 Å². The smallest absolute Gasteiger partial charge is 0.291 e. The number of hydrogen-bond acceptors (Lipinski definition) is 6. The molecule has 0 spiro atoms. The standard InChI is InChI=1S/C18H18N4O3/c1-24-13-6-4-12(5-7-13)11-20-16-9-8-14(17(19)22-16)21-18(23)15-3-2-10-25-15/h2-10H,11H2,1H3,(H,21,23)(H3,19,20,22). The molecule has 7 nitrogen and oxygen atoms in total. The average Bonchev–Trinajstić information content (AvgIpc) is 3.17. The second-order valence-corrected chi connectivity index (χ2v) is 5.26. The summed E-state index contributed by atoms with van der Waals surface area (Å²) in [6, 6.07) is 14.4. The van der Waals surface area contributed by atoms with Crippen LogP contribution in [0.25, 0.3) is 0 Å². The number of nitrogens with one attached hydrogen (secondary N) is 2. The number of aromatic nitrogens is 1. The number of anilines is 3. The van der Waals surface area contributed by atoms with Gasteiger partial charge < -0.3 is 25.5 Å². The fourth-order valence-corrected chi connectivity index (χ4v) is 2.21. The number of ether oxygens (including phenoxy) is 1. The molecule has 2 aromatic heterocycles. The van der Waals surface area contributed by atoms with Crippen molar-refractivity contribution in [2.45, 2.75) is 6.54 Å². The number of benzene rings is 1. The molecule has 0 aliphatic rings. The molecule has 0 saturated carbocycles. The topological polar surface area (TPSA) is 102 Å². The van der Waals surface area contributed by atoms with Crippen LogP contribution in [-0.2, 0) is 6.54 Å². The second kappa shape index (κ2) is 7.39. The van der Waals surface area contributed by atoms with Crippen molar-refractivity contribution >= 4 is 23.2 Å². The number of amides is 1. The van der Waals surface area contributed by atoms with Crippen LogP contribution in [0.1, 0.15) is 16.1 Å². The molecule has 0 aliphatic heterocycles. The summed E-state index contributed by atoms with van der Waals surface area (Å²) in [5, 5.41) is 5.85. The summed E-state index contributed by atoms with van der Waals surface area (Å²) in [5.41, 5.74) is 7.42.